The summed E-state index contributed by atoms with van der Waals surface area (Å²) < 4.78 is 15.1. The van der Waals surface area contributed by atoms with Crippen LogP contribution in [0.15, 0.2) is 30.3 Å². The maximum Gasteiger partial charge on any atom is 0.133 e. The summed E-state index contributed by atoms with van der Waals surface area (Å²) in [6.07, 6.45) is 4.76. The number of nitrogens with two attached hydrogens (primary N) is 1. The van der Waals surface area contributed by atoms with Crippen LogP contribution in [0.4, 0.5) is 15.9 Å². The quantitative estimate of drug-likeness (QED) is 0.943. The van der Waals surface area contributed by atoms with Gasteiger partial charge in [-0.05, 0) is 36.6 Å². The van der Waals surface area contributed by atoms with Gasteiger partial charge in [0.25, 0.3) is 0 Å². The second kappa shape index (κ2) is 6.74. The van der Waals surface area contributed by atoms with Gasteiger partial charge in [-0.1, -0.05) is 25.0 Å². The summed E-state index contributed by atoms with van der Waals surface area (Å²) in [5, 5.41) is 9.43. The van der Waals surface area contributed by atoms with E-state index in [2.05, 4.69) is 11.0 Å². The van der Waals surface area contributed by atoms with Crippen molar-refractivity contribution in [2.45, 2.75) is 32.2 Å². The smallest absolute Gasteiger partial charge is 0.133 e. The molecule has 1 fully saturated rings. The summed E-state index contributed by atoms with van der Waals surface area (Å²) in [5.74, 6) is 0.668. The van der Waals surface area contributed by atoms with Crippen LogP contribution in [-0.2, 0) is 6.54 Å². The highest BCUT2D eigenvalue weighted by atomic mass is 19.1. The van der Waals surface area contributed by atoms with E-state index in [9.17, 15) is 9.65 Å². The predicted octanol–water partition coefficient (Wildman–Crippen LogP) is 3.51. The van der Waals surface area contributed by atoms with E-state index in [1.807, 2.05) is 4.57 Å². The van der Waals surface area contributed by atoms with Crippen molar-refractivity contribution in [2.75, 3.05) is 23.7 Å². The molecule has 2 N–H and O–H groups in total. The Kier molecular flexibility index (Phi) is 4.52. The van der Waals surface area contributed by atoms with Gasteiger partial charge in [0.15, 0.2) is 0 Å². The lowest BCUT2D eigenvalue weighted by atomic mass is 10.2. The molecule has 5 heteroatoms. The van der Waals surface area contributed by atoms with Crippen molar-refractivity contribution in [3.05, 3.63) is 47.4 Å². The molecule has 0 aliphatic carbocycles. The number of hydrogen-bond donors (Lipinski definition) is 1. The number of anilines is 2. The van der Waals surface area contributed by atoms with Gasteiger partial charge in [0.2, 0.25) is 0 Å². The summed E-state index contributed by atoms with van der Waals surface area (Å²) in [7, 11) is 0. The molecule has 3 rings (SSSR count). The molecule has 0 radical (unpaired) electrons. The zero-order valence-corrected chi connectivity index (χ0v) is 13.1. The fourth-order valence-corrected chi connectivity index (χ4v) is 3.22. The minimum Gasteiger partial charge on any atom is -0.396 e. The third-order valence-electron chi connectivity index (χ3n) is 4.37. The number of aromatic nitrogens is 1. The number of hydrogen-bond acceptors (Lipinski definition) is 3. The molecule has 0 unspecified atom stereocenters. The second-order valence-corrected chi connectivity index (χ2v) is 6.03. The lowest BCUT2D eigenvalue weighted by Crippen LogP contribution is -2.27. The summed E-state index contributed by atoms with van der Waals surface area (Å²) in [6.45, 7) is 2.44. The summed E-state index contributed by atoms with van der Waals surface area (Å²) in [5.41, 5.74) is 8.35. The van der Waals surface area contributed by atoms with Gasteiger partial charge in [-0.2, -0.15) is 5.26 Å². The average Bonchev–Trinajstić information content (AvgIpc) is 2.73. The molecule has 1 aromatic carbocycles. The first kappa shape index (κ1) is 15.4. The van der Waals surface area contributed by atoms with E-state index in [1.165, 1.54) is 25.0 Å². The van der Waals surface area contributed by atoms with E-state index in [0.29, 0.717) is 17.9 Å². The molecule has 0 amide bonds. The first-order valence-electron chi connectivity index (χ1n) is 8.07. The fourth-order valence-electron chi connectivity index (χ4n) is 3.22. The molecule has 2 heterocycles. The van der Waals surface area contributed by atoms with Crippen LogP contribution in [0, 0.1) is 17.1 Å². The molecular weight excluding hydrogens is 291 g/mol. The van der Waals surface area contributed by atoms with E-state index in [1.54, 1.807) is 18.2 Å². The van der Waals surface area contributed by atoms with Crippen LogP contribution in [0.25, 0.3) is 0 Å². The van der Waals surface area contributed by atoms with Gasteiger partial charge in [0, 0.05) is 13.1 Å². The van der Waals surface area contributed by atoms with Crippen LogP contribution in [0.1, 0.15) is 36.9 Å². The van der Waals surface area contributed by atoms with Crippen LogP contribution >= 0.6 is 0 Å². The number of nitrogens with zero attached hydrogens (tertiary/aromatic N) is 3. The van der Waals surface area contributed by atoms with E-state index >= 15 is 0 Å². The molecule has 120 valence electrons. The van der Waals surface area contributed by atoms with Crippen molar-refractivity contribution >= 4 is 11.5 Å². The molecule has 0 saturated carbocycles. The van der Waals surface area contributed by atoms with E-state index in [4.69, 9.17) is 5.73 Å². The zero-order valence-electron chi connectivity index (χ0n) is 13.1. The molecule has 0 atom stereocenters. The lowest BCUT2D eigenvalue weighted by molar-refractivity contribution is 0.626. The van der Waals surface area contributed by atoms with Crippen LogP contribution in [0.5, 0.6) is 0 Å². The Morgan fingerprint density at radius 2 is 1.74 bits per heavy atom. The fraction of sp³-hybridized carbons (Fsp3) is 0.389. The first-order chi connectivity index (χ1) is 11.2. The highest BCUT2D eigenvalue weighted by molar-refractivity contribution is 5.68. The van der Waals surface area contributed by atoms with Crippen molar-refractivity contribution in [2.24, 2.45) is 0 Å². The Hall–Kier alpha value is -2.48. The van der Waals surface area contributed by atoms with Gasteiger partial charge in [0.1, 0.15) is 23.4 Å². The Labute approximate surface area is 135 Å². The standard InChI is InChI=1S/C18H21FN4/c19-15-7-5-14(6-8-15)13-23-16(12-20)11-17(21)18(23)22-9-3-1-2-4-10-22/h5-8,11H,1-4,9-10,13,21H2. The molecule has 0 bridgehead atoms. The minimum absolute atomic E-state index is 0.256. The maximum atomic E-state index is 13.1. The number of nitrogen functional groups attached to an aromatic ring is 1. The maximum absolute atomic E-state index is 13.1. The highest BCUT2D eigenvalue weighted by Crippen LogP contribution is 2.30. The molecule has 1 aliphatic heterocycles. The van der Waals surface area contributed by atoms with Crippen LogP contribution in [0.2, 0.25) is 0 Å². The lowest BCUT2D eigenvalue weighted by Gasteiger charge is -2.25. The van der Waals surface area contributed by atoms with E-state index in [0.717, 1.165) is 37.3 Å². The van der Waals surface area contributed by atoms with Crippen LogP contribution in [-0.4, -0.2) is 17.7 Å². The largest absolute Gasteiger partial charge is 0.396 e. The summed E-state index contributed by atoms with van der Waals surface area (Å²) in [4.78, 5) is 2.28. The van der Waals surface area contributed by atoms with Crippen molar-refractivity contribution in [1.82, 2.24) is 4.57 Å². The van der Waals surface area contributed by atoms with Gasteiger partial charge >= 0.3 is 0 Å². The van der Waals surface area contributed by atoms with Crippen molar-refractivity contribution in [3.63, 3.8) is 0 Å². The van der Waals surface area contributed by atoms with Crippen LogP contribution in [0.3, 0.4) is 0 Å². The topological polar surface area (TPSA) is 58.0 Å². The van der Waals surface area contributed by atoms with Crippen molar-refractivity contribution in [3.8, 4) is 6.07 Å². The van der Waals surface area contributed by atoms with Gasteiger partial charge < -0.3 is 15.2 Å². The molecule has 0 spiro atoms. The number of rotatable bonds is 3. The van der Waals surface area contributed by atoms with Crippen molar-refractivity contribution < 1.29 is 4.39 Å². The first-order valence-corrected chi connectivity index (χ1v) is 8.07. The molecule has 1 aliphatic rings. The van der Waals surface area contributed by atoms with Crippen molar-refractivity contribution in [1.29, 1.82) is 5.26 Å². The van der Waals surface area contributed by atoms with Gasteiger partial charge in [-0.15, -0.1) is 0 Å². The normalized spacial score (nSPS) is 15.2. The minimum atomic E-state index is -0.256. The van der Waals surface area contributed by atoms with E-state index in [-0.39, 0.29) is 5.82 Å². The number of benzene rings is 1. The molecule has 1 saturated heterocycles. The van der Waals surface area contributed by atoms with Crippen LogP contribution < -0.4 is 10.6 Å². The third kappa shape index (κ3) is 3.31. The Bertz CT molecular complexity index is 704. The van der Waals surface area contributed by atoms with Gasteiger partial charge in [-0.3, -0.25) is 0 Å². The third-order valence-corrected chi connectivity index (χ3v) is 4.37. The monoisotopic (exact) mass is 312 g/mol. The van der Waals surface area contributed by atoms with Gasteiger partial charge in [-0.25, -0.2) is 4.39 Å². The van der Waals surface area contributed by atoms with E-state index < -0.39 is 0 Å². The number of nitriles is 1. The summed E-state index contributed by atoms with van der Waals surface area (Å²) in [6, 6.07) is 10.4. The zero-order chi connectivity index (χ0) is 16.2. The Morgan fingerprint density at radius 3 is 2.35 bits per heavy atom. The highest BCUT2D eigenvalue weighted by Gasteiger charge is 2.20. The molecular formula is C18H21FN4. The predicted molar refractivity (Wildman–Crippen MR) is 89.7 cm³/mol. The second-order valence-electron chi connectivity index (χ2n) is 6.03. The molecule has 4 nitrogen and oxygen atoms in total. The Morgan fingerprint density at radius 1 is 1.09 bits per heavy atom. The number of halogens is 1. The molecule has 2 aromatic rings. The summed E-state index contributed by atoms with van der Waals surface area (Å²) >= 11 is 0. The molecule has 1 aromatic heterocycles. The van der Waals surface area contributed by atoms with Gasteiger partial charge in [0.05, 0.1) is 12.2 Å². The molecule has 23 heavy (non-hydrogen) atoms. The SMILES string of the molecule is N#Cc1cc(N)c(N2CCCCCC2)n1Cc1ccc(F)cc1. The Balaban J connectivity index is 1.96. The average molecular weight is 312 g/mol.